The van der Waals surface area contributed by atoms with Gasteiger partial charge in [0.25, 0.3) is 17.7 Å². The number of carbonyl (C=O) groups excluding carboxylic acids is 2. The fraction of sp³-hybridized carbons (Fsp3) is 0.167. The lowest BCUT2D eigenvalue weighted by Crippen LogP contribution is -2.42. The summed E-state index contributed by atoms with van der Waals surface area (Å²) in [5, 5.41) is 13.6. The monoisotopic (exact) mass is 547 g/mol. The zero-order valence-corrected chi connectivity index (χ0v) is 21.6. The van der Waals surface area contributed by atoms with Gasteiger partial charge in [0.1, 0.15) is 5.82 Å². The van der Waals surface area contributed by atoms with Crippen molar-refractivity contribution in [3.63, 3.8) is 0 Å². The Labute approximate surface area is 228 Å². The molecule has 1 aromatic heterocycles. The third kappa shape index (κ3) is 5.01. The molecule has 1 aliphatic heterocycles. The highest BCUT2D eigenvalue weighted by molar-refractivity contribution is 6.30. The third-order valence-electron chi connectivity index (χ3n) is 6.89. The molecule has 0 fully saturated rings. The number of nitrogens with one attached hydrogen (secondary N) is 1. The molecule has 2 heterocycles. The summed E-state index contributed by atoms with van der Waals surface area (Å²) in [7, 11) is 0. The number of hydrogen-bond donors (Lipinski definition) is 2. The molecule has 0 spiro atoms. The SMILES string of the molecule is C[C@@]1(O)c2cc(Cl)ccc2N(C(=O)c2ccc(NC(=O)c3ccccc3-c3ccccc3)nc2)CCC1(F)F. The maximum Gasteiger partial charge on any atom is 0.281 e. The van der Waals surface area contributed by atoms with E-state index in [2.05, 4.69) is 10.3 Å². The van der Waals surface area contributed by atoms with Gasteiger partial charge in [0.05, 0.1) is 11.3 Å². The molecule has 1 aliphatic rings. The second-order valence-corrected chi connectivity index (χ2v) is 9.88. The fourth-order valence-electron chi connectivity index (χ4n) is 4.64. The van der Waals surface area contributed by atoms with Crippen molar-refractivity contribution >= 4 is 34.9 Å². The van der Waals surface area contributed by atoms with Gasteiger partial charge in [0, 0.05) is 35.3 Å². The predicted molar refractivity (Wildman–Crippen MR) is 146 cm³/mol. The third-order valence-corrected chi connectivity index (χ3v) is 7.12. The largest absolute Gasteiger partial charge is 0.379 e. The molecule has 198 valence electrons. The molecule has 2 N–H and O–H groups in total. The Morgan fingerprint density at radius 1 is 1.00 bits per heavy atom. The Morgan fingerprint density at radius 3 is 2.44 bits per heavy atom. The minimum atomic E-state index is -3.50. The molecule has 39 heavy (non-hydrogen) atoms. The van der Waals surface area contributed by atoms with Gasteiger partial charge in [0.15, 0.2) is 5.60 Å². The quantitative estimate of drug-likeness (QED) is 0.304. The maximum absolute atomic E-state index is 14.9. The molecule has 4 aromatic rings. The summed E-state index contributed by atoms with van der Waals surface area (Å²) in [6.07, 6.45) is 0.526. The number of pyridine rings is 1. The summed E-state index contributed by atoms with van der Waals surface area (Å²) in [5.41, 5.74) is -0.288. The smallest absolute Gasteiger partial charge is 0.281 e. The minimum absolute atomic E-state index is 0.128. The van der Waals surface area contributed by atoms with Crippen LogP contribution in [0.25, 0.3) is 11.1 Å². The highest BCUT2D eigenvalue weighted by Crippen LogP contribution is 2.47. The van der Waals surface area contributed by atoms with Gasteiger partial charge in [-0.1, -0.05) is 60.1 Å². The van der Waals surface area contributed by atoms with Crippen LogP contribution in [0.2, 0.25) is 5.02 Å². The Morgan fingerprint density at radius 2 is 1.72 bits per heavy atom. The van der Waals surface area contributed by atoms with E-state index in [4.69, 9.17) is 11.6 Å². The first-order valence-electron chi connectivity index (χ1n) is 12.2. The van der Waals surface area contributed by atoms with Gasteiger partial charge in [-0.2, -0.15) is 0 Å². The molecule has 3 aromatic carbocycles. The first-order chi connectivity index (χ1) is 18.6. The van der Waals surface area contributed by atoms with Crippen molar-refractivity contribution in [2.75, 3.05) is 16.8 Å². The van der Waals surface area contributed by atoms with Gasteiger partial charge < -0.3 is 15.3 Å². The van der Waals surface area contributed by atoms with E-state index < -0.39 is 23.9 Å². The van der Waals surface area contributed by atoms with Crippen LogP contribution in [0.5, 0.6) is 0 Å². The second kappa shape index (κ2) is 10.2. The average molecular weight is 548 g/mol. The van der Waals surface area contributed by atoms with Gasteiger partial charge in [-0.3, -0.25) is 9.59 Å². The molecule has 1 atom stereocenters. The minimum Gasteiger partial charge on any atom is -0.379 e. The molecule has 0 radical (unpaired) electrons. The van der Waals surface area contributed by atoms with E-state index in [1.165, 1.54) is 41.4 Å². The number of carbonyl (C=O) groups is 2. The van der Waals surface area contributed by atoms with E-state index in [1.54, 1.807) is 12.1 Å². The Kier molecular flexibility index (Phi) is 6.92. The molecule has 2 amide bonds. The number of anilines is 2. The van der Waals surface area contributed by atoms with E-state index >= 15 is 0 Å². The van der Waals surface area contributed by atoms with Crippen molar-refractivity contribution in [3.8, 4) is 11.1 Å². The zero-order chi connectivity index (χ0) is 27.8. The summed E-state index contributed by atoms with van der Waals surface area (Å²) < 4.78 is 29.7. The number of nitrogens with zero attached hydrogens (tertiary/aromatic N) is 2. The van der Waals surface area contributed by atoms with Crippen molar-refractivity contribution in [1.29, 1.82) is 0 Å². The van der Waals surface area contributed by atoms with Gasteiger partial charge in [-0.05, 0) is 54.4 Å². The fourth-order valence-corrected chi connectivity index (χ4v) is 4.81. The van der Waals surface area contributed by atoms with E-state index in [0.29, 0.717) is 5.56 Å². The molecule has 5 rings (SSSR count). The van der Waals surface area contributed by atoms with Crippen LogP contribution in [0.15, 0.2) is 91.1 Å². The number of benzene rings is 3. The van der Waals surface area contributed by atoms with Crippen molar-refractivity contribution in [2.24, 2.45) is 0 Å². The summed E-state index contributed by atoms with van der Waals surface area (Å²) in [6.45, 7) is 0.691. The summed E-state index contributed by atoms with van der Waals surface area (Å²) in [6, 6.07) is 23.8. The molecule has 0 aliphatic carbocycles. The summed E-state index contributed by atoms with van der Waals surface area (Å²) in [5.74, 6) is -4.23. The van der Waals surface area contributed by atoms with Crippen LogP contribution in [-0.2, 0) is 5.60 Å². The van der Waals surface area contributed by atoms with Crippen LogP contribution in [0.4, 0.5) is 20.3 Å². The predicted octanol–water partition coefficient (Wildman–Crippen LogP) is 6.55. The molecular weight excluding hydrogens is 524 g/mol. The number of aromatic nitrogens is 1. The molecule has 0 saturated carbocycles. The molecule has 9 heteroatoms. The van der Waals surface area contributed by atoms with E-state index in [1.807, 2.05) is 42.5 Å². The number of aliphatic hydroxyl groups is 1. The number of halogens is 3. The summed E-state index contributed by atoms with van der Waals surface area (Å²) >= 11 is 6.04. The van der Waals surface area contributed by atoms with Crippen LogP contribution < -0.4 is 10.2 Å². The van der Waals surface area contributed by atoms with Crippen molar-refractivity contribution in [2.45, 2.75) is 24.9 Å². The van der Waals surface area contributed by atoms with E-state index in [-0.39, 0.29) is 40.1 Å². The lowest BCUT2D eigenvalue weighted by Gasteiger charge is -2.32. The standard InChI is InChI=1S/C30H24ClF2N3O3/c1-29(39)24-17-21(31)12-13-25(24)36(16-15-30(29,32)33)28(38)20-11-14-26(34-18-20)35-27(37)23-10-6-5-9-22(23)19-7-3-2-4-8-19/h2-14,17-18,39H,15-16H2,1H3,(H,34,35,37)/t29-/m1/s1. The number of alkyl halides is 2. The number of rotatable bonds is 4. The topological polar surface area (TPSA) is 82.5 Å². The molecule has 0 unspecified atom stereocenters. The molecule has 0 saturated heterocycles. The molecule has 6 nitrogen and oxygen atoms in total. The zero-order valence-electron chi connectivity index (χ0n) is 20.9. The van der Waals surface area contributed by atoms with Crippen molar-refractivity contribution in [3.05, 3.63) is 113 Å². The lowest BCUT2D eigenvalue weighted by atomic mass is 9.87. The summed E-state index contributed by atoms with van der Waals surface area (Å²) in [4.78, 5) is 31.9. The highest BCUT2D eigenvalue weighted by atomic mass is 35.5. The van der Waals surface area contributed by atoms with Crippen LogP contribution in [-0.4, -0.2) is 34.4 Å². The number of amides is 2. The first-order valence-corrected chi connectivity index (χ1v) is 12.6. The number of fused-ring (bicyclic) bond motifs is 1. The van der Waals surface area contributed by atoms with Gasteiger partial charge in [-0.15, -0.1) is 0 Å². The first kappa shape index (κ1) is 26.5. The normalized spacial score (nSPS) is 18.1. The van der Waals surface area contributed by atoms with Gasteiger partial charge in [-0.25, -0.2) is 13.8 Å². The van der Waals surface area contributed by atoms with E-state index in [0.717, 1.165) is 18.1 Å². The Bertz CT molecular complexity index is 1540. The van der Waals surface area contributed by atoms with Crippen molar-refractivity contribution < 1.29 is 23.5 Å². The van der Waals surface area contributed by atoms with Gasteiger partial charge >= 0.3 is 0 Å². The highest BCUT2D eigenvalue weighted by Gasteiger charge is 2.53. The lowest BCUT2D eigenvalue weighted by molar-refractivity contribution is -0.177. The molecule has 0 bridgehead atoms. The van der Waals surface area contributed by atoms with Crippen LogP contribution >= 0.6 is 11.6 Å². The maximum atomic E-state index is 14.9. The van der Waals surface area contributed by atoms with Crippen LogP contribution in [0.1, 0.15) is 39.6 Å². The molecular formula is C30H24ClF2N3O3. The number of hydrogen-bond acceptors (Lipinski definition) is 4. The Hall–Kier alpha value is -4.14. The Balaban J connectivity index is 1.39. The van der Waals surface area contributed by atoms with Crippen LogP contribution in [0.3, 0.4) is 0 Å². The van der Waals surface area contributed by atoms with Crippen LogP contribution in [0, 0.1) is 0 Å². The van der Waals surface area contributed by atoms with Gasteiger partial charge in [0.2, 0.25) is 0 Å². The average Bonchev–Trinajstić information content (AvgIpc) is 3.01. The van der Waals surface area contributed by atoms with E-state index in [9.17, 15) is 23.5 Å². The second-order valence-electron chi connectivity index (χ2n) is 9.44. The van der Waals surface area contributed by atoms with Crippen molar-refractivity contribution in [1.82, 2.24) is 4.98 Å².